The number of phenolic OH excluding ortho intramolecular Hbond substituents is 1. The van der Waals surface area contributed by atoms with Crippen molar-refractivity contribution in [2.75, 3.05) is 33.3 Å². The van der Waals surface area contributed by atoms with Crippen molar-refractivity contribution in [3.8, 4) is 11.5 Å². The molecular weight excluding hydrogens is 244 g/mol. The third-order valence-electron chi connectivity index (χ3n) is 3.47. The monoisotopic (exact) mass is 264 g/mol. The highest BCUT2D eigenvalue weighted by Crippen LogP contribution is 2.26. The van der Waals surface area contributed by atoms with Crippen LogP contribution in [0.3, 0.4) is 0 Å². The van der Waals surface area contributed by atoms with Crippen molar-refractivity contribution >= 4 is 5.91 Å². The molecule has 2 rings (SSSR count). The van der Waals surface area contributed by atoms with Gasteiger partial charge in [0.05, 0.1) is 7.11 Å². The van der Waals surface area contributed by atoms with Crippen LogP contribution in [0.1, 0.15) is 12.5 Å². The van der Waals surface area contributed by atoms with Gasteiger partial charge in [0.15, 0.2) is 11.5 Å². The smallest absolute Gasteiger partial charge is 0.219 e. The van der Waals surface area contributed by atoms with Crippen LogP contribution in [0.2, 0.25) is 0 Å². The van der Waals surface area contributed by atoms with Gasteiger partial charge in [-0.15, -0.1) is 0 Å². The summed E-state index contributed by atoms with van der Waals surface area (Å²) in [4.78, 5) is 15.4. The zero-order valence-corrected chi connectivity index (χ0v) is 11.4. The lowest BCUT2D eigenvalue weighted by atomic mass is 10.1. The van der Waals surface area contributed by atoms with Crippen LogP contribution < -0.4 is 4.74 Å². The summed E-state index contributed by atoms with van der Waals surface area (Å²) in [6.45, 7) is 5.67. The average Bonchev–Trinajstić information content (AvgIpc) is 2.39. The highest BCUT2D eigenvalue weighted by atomic mass is 16.5. The van der Waals surface area contributed by atoms with Gasteiger partial charge in [0.1, 0.15) is 0 Å². The molecule has 1 N–H and O–H groups in total. The summed E-state index contributed by atoms with van der Waals surface area (Å²) in [5, 5.41) is 9.74. The minimum atomic E-state index is 0.141. The molecule has 1 aromatic carbocycles. The minimum absolute atomic E-state index is 0.141. The first-order chi connectivity index (χ1) is 9.10. The van der Waals surface area contributed by atoms with Gasteiger partial charge in [-0.3, -0.25) is 9.69 Å². The van der Waals surface area contributed by atoms with Crippen molar-refractivity contribution in [3.05, 3.63) is 23.8 Å². The number of carbonyl (C=O) groups is 1. The number of methoxy groups -OCH3 is 1. The van der Waals surface area contributed by atoms with Crippen molar-refractivity contribution in [1.82, 2.24) is 9.80 Å². The molecule has 19 heavy (non-hydrogen) atoms. The van der Waals surface area contributed by atoms with Crippen LogP contribution in [0.15, 0.2) is 18.2 Å². The van der Waals surface area contributed by atoms with Crippen LogP contribution >= 0.6 is 0 Å². The molecule has 5 nitrogen and oxygen atoms in total. The van der Waals surface area contributed by atoms with Crippen molar-refractivity contribution in [1.29, 1.82) is 0 Å². The number of amides is 1. The van der Waals surface area contributed by atoms with Crippen LogP contribution in [0, 0.1) is 0 Å². The topological polar surface area (TPSA) is 53.0 Å². The number of ether oxygens (including phenoxy) is 1. The second kappa shape index (κ2) is 5.93. The van der Waals surface area contributed by atoms with Crippen LogP contribution in [0.25, 0.3) is 0 Å². The van der Waals surface area contributed by atoms with Crippen LogP contribution in [-0.4, -0.2) is 54.1 Å². The summed E-state index contributed by atoms with van der Waals surface area (Å²) in [7, 11) is 1.54. The van der Waals surface area contributed by atoms with E-state index in [1.54, 1.807) is 19.1 Å². The first-order valence-corrected chi connectivity index (χ1v) is 6.44. The van der Waals surface area contributed by atoms with Gasteiger partial charge in [0.25, 0.3) is 0 Å². The molecule has 0 aliphatic carbocycles. The summed E-state index contributed by atoms with van der Waals surface area (Å²) in [6.07, 6.45) is 0. The number of carbonyl (C=O) groups excluding carboxylic acids is 1. The highest BCUT2D eigenvalue weighted by Gasteiger charge is 2.18. The summed E-state index contributed by atoms with van der Waals surface area (Å²) < 4.78 is 5.02. The standard InChI is InChI=1S/C14H20N2O3/c1-11(17)16-7-5-15(6-8-16)10-12-3-4-14(19-2)13(18)9-12/h3-4,9,18H,5-8,10H2,1-2H3. The summed E-state index contributed by atoms with van der Waals surface area (Å²) in [6, 6.07) is 5.46. The van der Waals surface area contributed by atoms with Crippen LogP contribution in [0.5, 0.6) is 11.5 Å². The lowest BCUT2D eigenvalue weighted by Gasteiger charge is -2.34. The first-order valence-electron chi connectivity index (χ1n) is 6.44. The Labute approximate surface area is 113 Å². The maximum atomic E-state index is 11.2. The van der Waals surface area contributed by atoms with Gasteiger partial charge < -0.3 is 14.7 Å². The third-order valence-corrected chi connectivity index (χ3v) is 3.47. The molecule has 0 unspecified atom stereocenters. The van der Waals surface area contributed by atoms with Gasteiger partial charge in [-0.05, 0) is 17.7 Å². The number of rotatable bonds is 3. The van der Waals surface area contributed by atoms with Crippen molar-refractivity contribution in [2.24, 2.45) is 0 Å². The number of phenols is 1. The fraction of sp³-hybridized carbons (Fsp3) is 0.500. The second-order valence-electron chi connectivity index (χ2n) is 4.79. The van der Waals surface area contributed by atoms with Crippen molar-refractivity contribution < 1.29 is 14.6 Å². The van der Waals surface area contributed by atoms with E-state index in [0.29, 0.717) is 5.75 Å². The molecule has 1 aliphatic heterocycles. The maximum Gasteiger partial charge on any atom is 0.219 e. The molecule has 0 bridgehead atoms. The van der Waals surface area contributed by atoms with Gasteiger partial charge in [-0.25, -0.2) is 0 Å². The molecule has 1 aliphatic rings. The Kier molecular flexibility index (Phi) is 4.27. The number of hydrogen-bond acceptors (Lipinski definition) is 4. The van der Waals surface area contributed by atoms with Gasteiger partial charge in [0.2, 0.25) is 5.91 Å². The maximum absolute atomic E-state index is 11.2. The number of nitrogens with zero attached hydrogens (tertiary/aromatic N) is 2. The Balaban J connectivity index is 1.92. The Morgan fingerprint density at radius 3 is 2.53 bits per heavy atom. The molecule has 1 heterocycles. The molecule has 104 valence electrons. The Morgan fingerprint density at radius 1 is 1.32 bits per heavy atom. The quantitative estimate of drug-likeness (QED) is 0.887. The molecular formula is C14H20N2O3. The Bertz CT molecular complexity index is 454. The second-order valence-corrected chi connectivity index (χ2v) is 4.79. The van der Waals surface area contributed by atoms with Gasteiger partial charge >= 0.3 is 0 Å². The number of benzene rings is 1. The molecule has 1 amide bonds. The highest BCUT2D eigenvalue weighted by molar-refractivity contribution is 5.73. The van der Waals surface area contributed by atoms with E-state index in [9.17, 15) is 9.90 Å². The first kappa shape index (κ1) is 13.7. The predicted molar refractivity (Wildman–Crippen MR) is 72.2 cm³/mol. The van der Waals surface area contributed by atoms with E-state index in [4.69, 9.17) is 4.74 Å². The van der Waals surface area contributed by atoms with Crippen molar-refractivity contribution in [2.45, 2.75) is 13.5 Å². The fourth-order valence-corrected chi connectivity index (χ4v) is 2.31. The van der Waals surface area contributed by atoms with E-state index in [1.165, 1.54) is 7.11 Å². The van der Waals surface area contributed by atoms with Gasteiger partial charge in [-0.2, -0.15) is 0 Å². The normalized spacial score (nSPS) is 16.4. The molecule has 0 spiro atoms. The molecule has 1 fully saturated rings. The molecule has 1 saturated heterocycles. The molecule has 1 aromatic rings. The zero-order chi connectivity index (χ0) is 13.8. The summed E-state index contributed by atoms with van der Waals surface area (Å²) in [5.74, 6) is 0.800. The van der Waals surface area contributed by atoms with E-state index in [2.05, 4.69) is 4.90 Å². The van der Waals surface area contributed by atoms with E-state index in [0.717, 1.165) is 38.3 Å². The van der Waals surface area contributed by atoms with Crippen LogP contribution in [0.4, 0.5) is 0 Å². The Morgan fingerprint density at radius 2 is 2.00 bits per heavy atom. The Hall–Kier alpha value is -1.75. The zero-order valence-electron chi connectivity index (χ0n) is 11.4. The summed E-state index contributed by atoms with van der Waals surface area (Å²) >= 11 is 0. The number of aromatic hydroxyl groups is 1. The van der Waals surface area contributed by atoms with Crippen LogP contribution in [-0.2, 0) is 11.3 Å². The minimum Gasteiger partial charge on any atom is -0.504 e. The third kappa shape index (κ3) is 3.38. The summed E-state index contributed by atoms with van der Waals surface area (Å²) in [5.41, 5.74) is 1.05. The lowest BCUT2D eigenvalue weighted by molar-refractivity contribution is -0.130. The van der Waals surface area contributed by atoms with E-state index >= 15 is 0 Å². The molecule has 0 radical (unpaired) electrons. The fourth-order valence-electron chi connectivity index (χ4n) is 2.31. The van der Waals surface area contributed by atoms with E-state index in [-0.39, 0.29) is 11.7 Å². The largest absolute Gasteiger partial charge is 0.504 e. The molecule has 0 saturated carbocycles. The van der Waals surface area contributed by atoms with Crippen molar-refractivity contribution in [3.63, 3.8) is 0 Å². The molecule has 0 atom stereocenters. The molecule has 5 heteroatoms. The van der Waals surface area contributed by atoms with E-state index < -0.39 is 0 Å². The van der Waals surface area contributed by atoms with Gasteiger partial charge in [-0.1, -0.05) is 6.07 Å². The predicted octanol–water partition coefficient (Wildman–Crippen LogP) is 1.06. The lowest BCUT2D eigenvalue weighted by Crippen LogP contribution is -2.47. The average molecular weight is 264 g/mol. The SMILES string of the molecule is COc1ccc(CN2CCN(C(C)=O)CC2)cc1O. The molecule has 0 aromatic heterocycles. The number of hydrogen-bond donors (Lipinski definition) is 1. The van der Waals surface area contributed by atoms with Gasteiger partial charge in [0, 0.05) is 39.6 Å². The van der Waals surface area contributed by atoms with E-state index in [1.807, 2.05) is 11.0 Å². The number of piperazine rings is 1.